The largest absolute Gasteiger partial charge is 0.496 e. The smallest absolute Gasteiger partial charge is 0.223 e. The number of carbonyl (C=O) groups is 1. The molecule has 0 saturated heterocycles. The molecule has 0 spiro atoms. The molecular weight excluding hydrogens is 535 g/mol. The molecule has 158 valence electrons. The number of aliphatic imine (C=N–C) groups is 1. The Morgan fingerprint density at radius 3 is 2.75 bits per heavy atom. The van der Waals surface area contributed by atoms with Gasteiger partial charge < -0.3 is 20.7 Å². The van der Waals surface area contributed by atoms with E-state index in [0.717, 1.165) is 47.4 Å². The Kier molecular flexibility index (Phi) is 11.2. The lowest BCUT2D eigenvalue weighted by Crippen LogP contribution is -2.47. The first kappa shape index (κ1) is 25.0. The third-order valence-corrected chi connectivity index (χ3v) is 5.22. The Bertz CT molecular complexity index is 670. The van der Waals surface area contributed by atoms with Crippen LogP contribution in [0, 0.1) is 5.92 Å². The Morgan fingerprint density at radius 1 is 1.36 bits per heavy atom. The highest BCUT2D eigenvalue weighted by molar-refractivity contribution is 14.0. The molecule has 0 radical (unpaired) electrons. The fourth-order valence-corrected chi connectivity index (χ4v) is 3.82. The second kappa shape index (κ2) is 12.5. The van der Waals surface area contributed by atoms with Crippen LogP contribution < -0.4 is 20.7 Å². The lowest BCUT2D eigenvalue weighted by atomic mass is 9.85. The highest BCUT2D eigenvalue weighted by Gasteiger charge is 2.28. The Hall–Kier alpha value is -1.03. The van der Waals surface area contributed by atoms with E-state index in [-0.39, 0.29) is 47.9 Å². The average molecular weight is 567 g/mol. The van der Waals surface area contributed by atoms with E-state index >= 15 is 0 Å². The summed E-state index contributed by atoms with van der Waals surface area (Å²) in [5.74, 6) is 1.82. The van der Waals surface area contributed by atoms with Crippen molar-refractivity contribution in [3.63, 3.8) is 0 Å². The number of methoxy groups -OCH3 is 1. The van der Waals surface area contributed by atoms with Crippen LogP contribution in [0.2, 0.25) is 0 Å². The molecule has 1 amide bonds. The van der Waals surface area contributed by atoms with Crippen LogP contribution in [0.5, 0.6) is 5.75 Å². The van der Waals surface area contributed by atoms with Crippen molar-refractivity contribution in [2.45, 2.75) is 58.2 Å². The van der Waals surface area contributed by atoms with Crippen molar-refractivity contribution in [3.05, 3.63) is 28.2 Å². The summed E-state index contributed by atoms with van der Waals surface area (Å²) in [5, 5.41) is 9.86. The van der Waals surface area contributed by atoms with Crippen molar-refractivity contribution < 1.29 is 9.53 Å². The zero-order valence-corrected chi connectivity index (χ0v) is 21.0. The van der Waals surface area contributed by atoms with Crippen LogP contribution in [-0.2, 0) is 11.3 Å². The third-order valence-electron chi connectivity index (χ3n) is 4.73. The van der Waals surface area contributed by atoms with Crippen molar-refractivity contribution >= 4 is 51.8 Å². The number of rotatable bonds is 6. The van der Waals surface area contributed by atoms with Crippen molar-refractivity contribution in [2.24, 2.45) is 10.9 Å². The van der Waals surface area contributed by atoms with Crippen molar-refractivity contribution in [3.8, 4) is 5.75 Å². The van der Waals surface area contributed by atoms with Crippen LogP contribution in [0.4, 0.5) is 0 Å². The van der Waals surface area contributed by atoms with E-state index in [0.29, 0.717) is 6.54 Å². The summed E-state index contributed by atoms with van der Waals surface area (Å²) in [5.41, 5.74) is 1.05. The Balaban J connectivity index is 0.00000392. The summed E-state index contributed by atoms with van der Waals surface area (Å²) in [6, 6.07) is 6.36. The molecule has 2 rings (SSSR count). The van der Waals surface area contributed by atoms with Gasteiger partial charge >= 0.3 is 0 Å². The molecule has 0 aromatic heterocycles. The zero-order valence-electron chi connectivity index (χ0n) is 17.0. The first-order chi connectivity index (χ1) is 12.9. The van der Waals surface area contributed by atoms with E-state index in [9.17, 15) is 4.79 Å². The monoisotopic (exact) mass is 566 g/mol. The standard InChI is InChI=1S/C20H31BrN4O2.HI/c1-13(2)24-19(26)14-6-5-7-17(11-14)25-20(22-3)23-12-15-10-16(21)8-9-18(15)27-4;/h8-10,13-14,17H,5-7,11-12H2,1-4H3,(H,24,26)(H2,22,23,25);1H. The minimum atomic E-state index is 0. The van der Waals surface area contributed by atoms with Crippen LogP contribution >= 0.6 is 39.9 Å². The summed E-state index contributed by atoms with van der Waals surface area (Å²) in [6.45, 7) is 4.60. The summed E-state index contributed by atoms with van der Waals surface area (Å²) in [4.78, 5) is 16.7. The van der Waals surface area contributed by atoms with E-state index in [4.69, 9.17) is 4.74 Å². The van der Waals surface area contributed by atoms with E-state index in [2.05, 4.69) is 36.9 Å². The quantitative estimate of drug-likeness (QED) is 0.278. The molecule has 1 aliphatic carbocycles. The first-order valence-electron chi connectivity index (χ1n) is 9.53. The lowest BCUT2D eigenvalue weighted by Gasteiger charge is -2.30. The predicted octanol–water partition coefficient (Wildman–Crippen LogP) is 3.82. The maximum atomic E-state index is 12.3. The maximum Gasteiger partial charge on any atom is 0.223 e. The Morgan fingerprint density at radius 2 is 2.11 bits per heavy atom. The van der Waals surface area contributed by atoms with Crippen molar-refractivity contribution in [1.29, 1.82) is 0 Å². The van der Waals surface area contributed by atoms with Gasteiger partial charge in [0.2, 0.25) is 5.91 Å². The molecule has 3 N–H and O–H groups in total. The molecule has 1 saturated carbocycles. The molecule has 1 aromatic carbocycles. The zero-order chi connectivity index (χ0) is 19.8. The molecule has 1 aromatic rings. The van der Waals surface area contributed by atoms with E-state index in [1.807, 2.05) is 32.0 Å². The highest BCUT2D eigenvalue weighted by atomic mass is 127. The number of nitrogens with zero attached hydrogens (tertiary/aromatic N) is 1. The van der Waals surface area contributed by atoms with Gasteiger partial charge in [-0.1, -0.05) is 22.4 Å². The summed E-state index contributed by atoms with van der Waals surface area (Å²) < 4.78 is 6.43. The minimum absolute atomic E-state index is 0. The van der Waals surface area contributed by atoms with Gasteiger partial charge in [0.05, 0.1) is 7.11 Å². The van der Waals surface area contributed by atoms with Crippen LogP contribution in [0.15, 0.2) is 27.7 Å². The molecule has 0 bridgehead atoms. The maximum absolute atomic E-state index is 12.3. The van der Waals surface area contributed by atoms with Gasteiger partial charge in [0.25, 0.3) is 0 Å². The van der Waals surface area contributed by atoms with Crippen LogP contribution in [0.25, 0.3) is 0 Å². The van der Waals surface area contributed by atoms with Gasteiger partial charge in [0.15, 0.2) is 5.96 Å². The molecule has 1 aliphatic rings. The highest BCUT2D eigenvalue weighted by Crippen LogP contribution is 2.25. The molecule has 1 fully saturated rings. The summed E-state index contributed by atoms with van der Waals surface area (Å²) >= 11 is 3.50. The topological polar surface area (TPSA) is 74.8 Å². The number of halogens is 2. The predicted molar refractivity (Wildman–Crippen MR) is 128 cm³/mol. The summed E-state index contributed by atoms with van der Waals surface area (Å²) in [7, 11) is 3.43. The fourth-order valence-electron chi connectivity index (χ4n) is 3.41. The number of nitrogens with one attached hydrogen (secondary N) is 3. The second-order valence-electron chi connectivity index (χ2n) is 7.25. The Labute approximate surface area is 193 Å². The number of carbonyl (C=O) groups excluding carboxylic acids is 1. The number of hydrogen-bond donors (Lipinski definition) is 3. The van der Waals surface area contributed by atoms with Crippen LogP contribution in [0.1, 0.15) is 45.1 Å². The van der Waals surface area contributed by atoms with Gasteiger partial charge in [0, 0.05) is 41.6 Å². The number of amides is 1. The van der Waals surface area contributed by atoms with E-state index in [1.165, 1.54) is 0 Å². The summed E-state index contributed by atoms with van der Waals surface area (Å²) in [6.07, 6.45) is 3.88. The van der Waals surface area contributed by atoms with Gasteiger partial charge in [-0.2, -0.15) is 0 Å². The SMILES string of the molecule is CN=C(NCc1cc(Br)ccc1OC)NC1CCCC(C(=O)NC(C)C)C1.I. The number of hydrogen-bond acceptors (Lipinski definition) is 3. The van der Waals surface area contributed by atoms with Crippen molar-refractivity contribution in [1.82, 2.24) is 16.0 Å². The average Bonchev–Trinajstić information content (AvgIpc) is 2.65. The second-order valence-corrected chi connectivity index (χ2v) is 8.17. The molecule has 28 heavy (non-hydrogen) atoms. The third kappa shape index (κ3) is 7.77. The molecular formula is C20H32BrIN4O2. The van der Waals surface area contributed by atoms with Crippen LogP contribution in [0.3, 0.4) is 0 Å². The molecule has 0 aliphatic heterocycles. The van der Waals surface area contributed by atoms with Gasteiger partial charge in [0.1, 0.15) is 5.75 Å². The van der Waals surface area contributed by atoms with Crippen LogP contribution in [-0.4, -0.2) is 38.1 Å². The minimum Gasteiger partial charge on any atom is -0.496 e. The van der Waals surface area contributed by atoms with Gasteiger partial charge in [-0.25, -0.2) is 0 Å². The number of benzene rings is 1. The van der Waals surface area contributed by atoms with Gasteiger partial charge in [-0.15, -0.1) is 24.0 Å². The molecule has 8 heteroatoms. The fraction of sp³-hybridized carbons (Fsp3) is 0.600. The van der Waals surface area contributed by atoms with E-state index in [1.54, 1.807) is 14.2 Å². The van der Waals surface area contributed by atoms with Gasteiger partial charge in [-0.05, 0) is 51.3 Å². The molecule has 2 unspecified atom stereocenters. The number of guanidine groups is 1. The van der Waals surface area contributed by atoms with Crippen molar-refractivity contribution in [2.75, 3.05) is 14.2 Å². The first-order valence-corrected chi connectivity index (χ1v) is 10.3. The molecule has 0 heterocycles. The number of ether oxygens (including phenoxy) is 1. The molecule has 6 nitrogen and oxygen atoms in total. The molecule has 2 atom stereocenters. The normalized spacial score (nSPS) is 19.6. The van der Waals surface area contributed by atoms with E-state index < -0.39 is 0 Å². The lowest BCUT2D eigenvalue weighted by molar-refractivity contribution is -0.126. The van der Waals surface area contributed by atoms with Gasteiger partial charge in [-0.3, -0.25) is 9.79 Å².